The molecule has 0 fully saturated rings. The summed E-state index contributed by atoms with van der Waals surface area (Å²) in [6.45, 7) is 3.23. The van der Waals surface area contributed by atoms with Gasteiger partial charge in [0.25, 0.3) is 0 Å². The second kappa shape index (κ2) is 8.00. The molecular weight excluding hydrogens is 397 g/mol. The predicted molar refractivity (Wildman–Crippen MR) is 106 cm³/mol. The summed E-state index contributed by atoms with van der Waals surface area (Å²) in [4.78, 5) is 0. The molecule has 3 aromatic rings. The molecule has 0 aliphatic carbocycles. The van der Waals surface area contributed by atoms with Gasteiger partial charge in [0.2, 0.25) is 0 Å². The van der Waals surface area contributed by atoms with Gasteiger partial charge in [0.05, 0.1) is 19.9 Å². The molecule has 4 rings (SSSR count). The number of fused-ring (bicyclic) bond motifs is 3. The smallest absolute Gasteiger partial charge is 0.169 e. The number of nitrogens with zero attached hydrogens (tertiary/aromatic N) is 3. The SMILES string of the molecule is [CH2]C[C@@H]1O[C@@H](c2cccc(OC)c2OC)c2cc(Cl)ccc2-n2c(CF)nnc21. The van der Waals surface area contributed by atoms with Gasteiger partial charge in [-0.2, -0.15) is 0 Å². The lowest BCUT2D eigenvalue weighted by Crippen LogP contribution is -2.12. The Morgan fingerprint density at radius 3 is 2.69 bits per heavy atom. The van der Waals surface area contributed by atoms with Gasteiger partial charge in [0.1, 0.15) is 18.9 Å². The van der Waals surface area contributed by atoms with E-state index in [1.807, 2.05) is 24.3 Å². The summed E-state index contributed by atoms with van der Waals surface area (Å²) in [7, 11) is 3.15. The van der Waals surface area contributed by atoms with E-state index in [1.54, 1.807) is 30.9 Å². The Morgan fingerprint density at radius 2 is 2.00 bits per heavy atom. The lowest BCUT2D eigenvalue weighted by Gasteiger charge is -2.24. The first-order valence-corrected chi connectivity index (χ1v) is 9.46. The molecule has 0 unspecified atom stereocenters. The molecular formula is C21H20ClFN3O3. The van der Waals surface area contributed by atoms with Gasteiger partial charge in [-0.15, -0.1) is 10.2 Å². The Balaban J connectivity index is 2.00. The predicted octanol–water partition coefficient (Wildman–Crippen LogP) is 4.79. The van der Waals surface area contributed by atoms with Crippen molar-refractivity contribution < 1.29 is 18.6 Å². The average molecular weight is 417 g/mol. The summed E-state index contributed by atoms with van der Waals surface area (Å²) in [5.74, 6) is 1.83. The van der Waals surface area contributed by atoms with Crippen molar-refractivity contribution in [3.05, 3.63) is 71.1 Å². The molecule has 151 valence electrons. The fourth-order valence-electron chi connectivity index (χ4n) is 3.68. The van der Waals surface area contributed by atoms with Gasteiger partial charge in [-0.25, -0.2) is 4.39 Å². The van der Waals surface area contributed by atoms with Crippen molar-refractivity contribution in [3.8, 4) is 17.2 Å². The van der Waals surface area contributed by atoms with Crippen LogP contribution in [0.2, 0.25) is 5.02 Å². The standard InChI is InChI=1S/C21H20ClFN3O3/c1-4-16-21-25-24-18(11-23)26(21)15-9-8-12(22)10-14(15)19(29-16)13-6-5-7-17(27-2)20(13)28-3/h5-10,16,19H,1,4,11H2,2-3H3/t16-,19-/m0/s1. The minimum atomic E-state index is -0.758. The maximum Gasteiger partial charge on any atom is 0.169 e. The molecule has 0 bridgehead atoms. The van der Waals surface area contributed by atoms with Gasteiger partial charge in [0.15, 0.2) is 23.1 Å². The minimum absolute atomic E-state index is 0.198. The van der Waals surface area contributed by atoms with E-state index in [9.17, 15) is 4.39 Å². The molecule has 8 heteroatoms. The van der Waals surface area contributed by atoms with Crippen LogP contribution < -0.4 is 9.47 Å². The number of aromatic nitrogens is 3. The van der Waals surface area contributed by atoms with E-state index < -0.39 is 18.9 Å². The summed E-state index contributed by atoms with van der Waals surface area (Å²) >= 11 is 6.32. The molecule has 1 aromatic heterocycles. The number of para-hydroxylation sites is 1. The van der Waals surface area contributed by atoms with E-state index in [0.717, 1.165) is 11.1 Å². The molecule has 2 atom stereocenters. The van der Waals surface area contributed by atoms with Crippen LogP contribution >= 0.6 is 11.6 Å². The monoisotopic (exact) mass is 416 g/mol. The number of hydrogen-bond acceptors (Lipinski definition) is 5. The molecule has 2 heterocycles. The number of ether oxygens (including phenoxy) is 3. The molecule has 1 aliphatic rings. The molecule has 1 radical (unpaired) electrons. The van der Waals surface area contributed by atoms with Crippen LogP contribution in [0.15, 0.2) is 36.4 Å². The van der Waals surface area contributed by atoms with E-state index in [1.165, 1.54) is 0 Å². The normalized spacial score (nSPS) is 18.0. The number of hydrogen-bond donors (Lipinski definition) is 0. The maximum absolute atomic E-state index is 13.7. The quantitative estimate of drug-likeness (QED) is 0.598. The Morgan fingerprint density at radius 1 is 1.17 bits per heavy atom. The second-order valence-corrected chi connectivity index (χ2v) is 6.96. The van der Waals surface area contributed by atoms with Crippen LogP contribution in [0.5, 0.6) is 11.5 Å². The van der Waals surface area contributed by atoms with Gasteiger partial charge in [-0.05, 0) is 30.7 Å². The van der Waals surface area contributed by atoms with Gasteiger partial charge in [-0.1, -0.05) is 30.7 Å². The second-order valence-electron chi connectivity index (χ2n) is 6.52. The molecule has 0 N–H and O–H groups in total. The summed E-state index contributed by atoms with van der Waals surface area (Å²) in [6.07, 6.45) is -0.681. The van der Waals surface area contributed by atoms with Gasteiger partial charge in [0, 0.05) is 16.1 Å². The highest BCUT2D eigenvalue weighted by atomic mass is 35.5. The van der Waals surface area contributed by atoms with Crippen molar-refractivity contribution in [3.63, 3.8) is 0 Å². The maximum atomic E-state index is 13.7. The first kappa shape index (κ1) is 19.7. The fourth-order valence-corrected chi connectivity index (χ4v) is 3.86. The van der Waals surface area contributed by atoms with Crippen molar-refractivity contribution in [2.24, 2.45) is 0 Å². The number of rotatable bonds is 5. The van der Waals surface area contributed by atoms with Gasteiger partial charge < -0.3 is 14.2 Å². The largest absolute Gasteiger partial charge is 0.493 e. The van der Waals surface area contributed by atoms with E-state index in [0.29, 0.717) is 34.5 Å². The van der Waals surface area contributed by atoms with Crippen LogP contribution in [0, 0.1) is 6.92 Å². The number of halogens is 2. The van der Waals surface area contributed by atoms with Gasteiger partial charge >= 0.3 is 0 Å². The lowest BCUT2D eigenvalue weighted by atomic mass is 9.98. The third-order valence-corrected chi connectivity index (χ3v) is 5.19. The highest BCUT2D eigenvalue weighted by Crippen LogP contribution is 2.46. The minimum Gasteiger partial charge on any atom is -0.493 e. The summed E-state index contributed by atoms with van der Waals surface area (Å²) in [5.41, 5.74) is 2.21. The molecule has 0 spiro atoms. The third-order valence-electron chi connectivity index (χ3n) is 4.95. The summed E-state index contributed by atoms with van der Waals surface area (Å²) in [6, 6.07) is 10.9. The molecule has 0 amide bonds. The first-order valence-electron chi connectivity index (χ1n) is 9.08. The lowest BCUT2D eigenvalue weighted by molar-refractivity contribution is 0.00476. The van der Waals surface area contributed by atoms with Crippen molar-refractivity contribution in [2.75, 3.05) is 14.2 Å². The van der Waals surface area contributed by atoms with E-state index in [2.05, 4.69) is 17.1 Å². The van der Waals surface area contributed by atoms with Crippen molar-refractivity contribution >= 4 is 11.6 Å². The first-order chi connectivity index (χ1) is 14.1. The zero-order valence-electron chi connectivity index (χ0n) is 16.1. The summed E-state index contributed by atoms with van der Waals surface area (Å²) in [5, 5.41) is 8.70. The Bertz CT molecular complexity index is 1040. The van der Waals surface area contributed by atoms with Crippen molar-refractivity contribution in [1.29, 1.82) is 0 Å². The zero-order chi connectivity index (χ0) is 20.5. The summed E-state index contributed by atoms with van der Waals surface area (Å²) < 4.78 is 32.9. The topological polar surface area (TPSA) is 58.4 Å². The van der Waals surface area contributed by atoms with Crippen LogP contribution in [0.25, 0.3) is 5.69 Å². The highest BCUT2D eigenvalue weighted by Gasteiger charge is 2.34. The molecule has 0 saturated heterocycles. The van der Waals surface area contributed by atoms with Crippen LogP contribution in [0.3, 0.4) is 0 Å². The molecule has 2 aromatic carbocycles. The Hall–Kier alpha value is -2.64. The molecule has 0 saturated carbocycles. The van der Waals surface area contributed by atoms with Crippen molar-refractivity contribution in [2.45, 2.75) is 25.3 Å². The highest BCUT2D eigenvalue weighted by molar-refractivity contribution is 6.30. The fraction of sp³-hybridized carbons (Fsp3) is 0.286. The van der Waals surface area contributed by atoms with E-state index >= 15 is 0 Å². The van der Waals surface area contributed by atoms with Gasteiger partial charge in [-0.3, -0.25) is 4.57 Å². The van der Waals surface area contributed by atoms with Crippen LogP contribution in [-0.4, -0.2) is 29.0 Å². The zero-order valence-corrected chi connectivity index (χ0v) is 16.8. The molecule has 1 aliphatic heterocycles. The van der Waals surface area contributed by atoms with E-state index in [4.69, 9.17) is 25.8 Å². The average Bonchev–Trinajstić information content (AvgIpc) is 3.12. The van der Waals surface area contributed by atoms with Crippen LogP contribution in [-0.2, 0) is 11.4 Å². The Kier molecular flexibility index (Phi) is 5.43. The number of methoxy groups -OCH3 is 2. The third kappa shape index (κ3) is 3.24. The molecule has 29 heavy (non-hydrogen) atoms. The van der Waals surface area contributed by atoms with Crippen LogP contribution in [0.1, 0.15) is 41.4 Å². The number of benzene rings is 2. The molecule has 6 nitrogen and oxygen atoms in total. The van der Waals surface area contributed by atoms with Crippen molar-refractivity contribution in [1.82, 2.24) is 14.8 Å². The van der Waals surface area contributed by atoms with Crippen LogP contribution in [0.4, 0.5) is 4.39 Å². The van der Waals surface area contributed by atoms with E-state index in [-0.39, 0.29) is 5.82 Å². The number of alkyl halides is 1. The Labute approximate surface area is 173 Å².